The Bertz CT molecular complexity index is 398. The van der Waals surface area contributed by atoms with Crippen LogP contribution in [0.5, 0.6) is 5.75 Å². The summed E-state index contributed by atoms with van der Waals surface area (Å²) in [6.07, 6.45) is 6.10. The molecule has 1 aliphatic rings. The number of aliphatic hydroxyl groups is 1. The van der Waals surface area contributed by atoms with Gasteiger partial charge in [-0.15, -0.1) is 0 Å². The van der Waals surface area contributed by atoms with Gasteiger partial charge in [0, 0.05) is 13.1 Å². The maximum Gasteiger partial charge on any atom is 0.260 e. The number of rotatable bonds is 4. The summed E-state index contributed by atoms with van der Waals surface area (Å²) in [7, 11) is 0. The average Bonchev–Trinajstić information content (AvgIpc) is 2.74. The van der Waals surface area contributed by atoms with Crippen LogP contribution >= 0.6 is 0 Å². The lowest BCUT2D eigenvalue weighted by Gasteiger charge is -2.20. The number of pyridine rings is 1. The van der Waals surface area contributed by atoms with Crippen molar-refractivity contribution in [3.63, 3.8) is 0 Å². The van der Waals surface area contributed by atoms with Gasteiger partial charge < -0.3 is 14.7 Å². The molecule has 5 nitrogen and oxygen atoms in total. The molecule has 1 fully saturated rings. The first kappa shape index (κ1) is 13.8. The minimum absolute atomic E-state index is 0.0353. The third-order valence-corrected chi connectivity index (χ3v) is 3.28. The molecule has 0 bridgehead atoms. The largest absolute Gasteiger partial charge is 0.482 e. The highest BCUT2D eigenvalue weighted by atomic mass is 16.5. The summed E-state index contributed by atoms with van der Waals surface area (Å²) in [4.78, 5) is 17.9. The summed E-state index contributed by atoms with van der Waals surface area (Å²) in [5.74, 6) is 0.591. The zero-order valence-corrected chi connectivity index (χ0v) is 11.0. The van der Waals surface area contributed by atoms with Gasteiger partial charge in [0.05, 0.1) is 18.5 Å². The van der Waals surface area contributed by atoms with Crippen molar-refractivity contribution in [2.75, 3.05) is 19.7 Å². The Morgan fingerprint density at radius 3 is 2.58 bits per heavy atom. The van der Waals surface area contributed by atoms with Crippen LogP contribution in [0.1, 0.15) is 31.4 Å². The van der Waals surface area contributed by atoms with Crippen molar-refractivity contribution in [1.82, 2.24) is 9.88 Å². The van der Waals surface area contributed by atoms with Gasteiger partial charge in [0.25, 0.3) is 5.91 Å². The van der Waals surface area contributed by atoms with Gasteiger partial charge >= 0.3 is 0 Å². The minimum atomic E-state index is -0.0903. The van der Waals surface area contributed by atoms with Crippen LogP contribution in [0.2, 0.25) is 0 Å². The van der Waals surface area contributed by atoms with Gasteiger partial charge in [-0.3, -0.25) is 9.78 Å². The molecule has 2 heterocycles. The van der Waals surface area contributed by atoms with Crippen molar-refractivity contribution >= 4 is 5.91 Å². The van der Waals surface area contributed by atoms with Gasteiger partial charge in [-0.25, -0.2) is 0 Å². The van der Waals surface area contributed by atoms with Crippen molar-refractivity contribution in [1.29, 1.82) is 0 Å². The Hall–Kier alpha value is -1.62. The molecule has 2 rings (SSSR count). The quantitative estimate of drug-likeness (QED) is 0.891. The molecule has 1 aliphatic heterocycles. The second-order valence-electron chi connectivity index (χ2n) is 4.73. The molecule has 19 heavy (non-hydrogen) atoms. The van der Waals surface area contributed by atoms with E-state index in [1.807, 2.05) is 4.90 Å². The Kier molecular flexibility index (Phi) is 5.15. The molecule has 0 aromatic carbocycles. The second kappa shape index (κ2) is 7.09. The van der Waals surface area contributed by atoms with Crippen LogP contribution in [0.3, 0.4) is 0 Å². The fraction of sp³-hybridized carbons (Fsp3) is 0.571. The van der Waals surface area contributed by atoms with Crippen LogP contribution in [0.15, 0.2) is 18.3 Å². The molecular formula is C14H20N2O3. The first-order valence-electron chi connectivity index (χ1n) is 6.76. The fourth-order valence-electron chi connectivity index (χ4n) is 2.15. The Balaban J connectivity index is 1.81. The van der Waals surface area contributed by atoms with Gasteiger partial charge in [-0.1, -0.05) is 12.8 Å². The Morgan fingerprint density at radius 2 is 2.00 bits per heavy atom. The van der Waals surface area contributed by atoms with E-state index in [0.29, 0.717) is 11.4 Å². The molecule has 0 atom stereocenters. The summed E-state index contributed by atoms with van der Waals surface area (Å²) in [6, 6.07) is 3.40. The molecule has 0 unspecified atom stereocenters. The summed E-state index contributed by atoms with van der Waals surface area (Å²) in [6.45, 7) is 1.64. The van der Waals surface area contributed by atoms with Crippen LogP contribution in [0.4, 0.5) is 0 Å². The van der Waals surface area contributed by atoms with E-state index in [0.717, 1.165) is 25.9 Å². The van der Waals surface area contributed by atoms with Crippen LogP contribution in [-0.4, -0.2) is 40.6 Å². The van der Waals surface area contributed by atoms with E-state index < -0.39 is 0 Å². The zero-order valence-electron chi connectivity index (χ0n) is 11.0. The maximum absolute atomic E-state index is 12.0. The Morgan fingerprint density at radius 1 is 1.26 bits per heavy atom. The predicted octanol–water partition coefficient (Wildman–Crippen LogP) is 1.36. The monoisotopic (exact) mass is 264 g/mol. The van der Waals surface area contributed by atoms with Crippen molar-refractivity contribution in [3.05, 3.63) is 24.0 Å². The van der Waals surface area contributed by atoms with Gasteiger partial charge in [0.15, 0.2) is 6.61 Å². The van der Waals surface area contributed by atoms with E-state index in [2.05, 4.69) is 4.98 Å². The van der Waals surface area contributed by atoms with Gasteiger partial charge in [-0.05, 0) is 25.0 Å². The molecule has 0 spiro atoms. The van der Waals surface area contributed by atoms with E-state index >= 15 is 0 Å². The number of aliphatic hydroxyl groups excluding tert-OH is 1. The Labute approximate surface area is 113 Å². The van der Waals surface area contributed by atoms with Crippen LogP contribution < -0.4 is 4.74 Å². The van der Waals surface area contributed by atoms with Crippen molar-refractivity contribution < 1.29 is 14.6 Å². The molecule has 1 aromatic rings. The topological polar surface area (TPSA) is 62.7 Å². The van der Waals surface area contributed by atoms with Crippen molar-refractivity contribution in [2.24, 2.45) is 0 Å². The summed E-state index contributed by atoms with van der Waals surface area (Å²) < 4.78 is 5.43. The third kappa shape index (κ3) is 4.21. The number of carbonyl (C=O) groups is 1. The molecule has 1 aromatic heterocycles. The normalized spacial score (nSPS) is 15.9. The maximum atomic E-state index is 12.0. The molecular weight excluding hydrogens is 244 g/mol. The standard InChI is InChI=1S/C14H20N2O3/c17-10-12-5-6-13(9-15-12)19-11-14(18)16-7-3-1-2-4-8-16/h5-6,9,17H,1-4,7-8,10-11H2. The average molecular weight is 264 g/mol. The van der Waals surface area contributed by atoms with Gasteiger partial charge in [-0.2, -0.15) is 0 Å². The van der Waals surface area contributed by atoms with Crippen LogP contribution in [0.25, 0.3) is 0 Å². The number of aromatic nitrogens is 1. The van der Waals surface area contributed by atoms with E-state index in [1.54, 1.807) is 12.1 Å². The SMILES string of the molecule is O=C(COc1ccc(CO)nc1)N1CCCCCC1. The molecule has 0 radical (unpaired) electrons. The lowest BCUT2D eigenvalue weighted by Crippen LogP contribution is -2.35. The first-order valence-corrected chi connectivity index (χ1v) is 6.76. The van der Waals surface area contributed by atoms with E-state index in [4.69, 9.17) is 9.84 Å². The third-order valence-electron chi connectivity index (χ3n) is 3.28. The first-order chi connectivity index (χ1) is 9.29. The van der Waals surface area contributed by atoms with E-state index in [-0.39, 0.29) is 19.1 Å². The molecule has 0 saturated carbocycles. The number of likely N-dealkylation sites (tertiary alicyclic amines) is 1. The summed E-state index contributed by atoms with van der Waals surface area (Å²) >= 11 is 0. The lowest BCUT2D eigenvalue weighted by molar-refractivity contribution is -0.133. The highest BCUT2D eigenvalue weighted by Gasteiger charge is 2.15. The lowest BCUT2D eigenvalue weighted by atomic mass is 10.2. The molecule has 1 amide bonds. The van der Waals surface area contributed by atoms with Crippen LogP contribution in [-0.2, 0) is 11.4 Å². The van der Waals surface area contributed by atoms with Crippen molar-refractivity contribution in [2.45, 2.75) is 32.3 Å². The zero-order chi connectivity index (χ0) is 13.5. The fourth-order valence-corrected chi connectivity index (χ4v) is 2.15. The van der Waals surface area contributed by atoms with E-state index in [1.165, 1.54) is 19.0 Å². The summed E-state index contributed by atoms with van der Waals surface area (Å²) in [5.41, 5.74) is 0.589. The van der Waals surface area contributed by atoms with Crippen LogP contribution in [0, 0.1) is 0 Å². The molecule has 5 heteroatoms. The minimum Gasteiger partial charge on any atom is -0.482 e. The summed E-state index contributed by atoms with van der Waals surface area (Å²) in [5, 5.41) is 8.88. The highest BCUT2D eigenvalue weighted by Crippen LogP contribution is 2.12. The molecule has 1 saturated heterocycles. The second-order valence-corrected chi connectivity index (χ2v) is 4.73. The number of hydrogen-bond acceptors (Lipinski definition) is 4. The number of hydrogen-bond donors (Lipinski definition) is 1. The molecule has 1 N–H and O–H groups in total. The number of nitrogens with zero attached hydrogens (tertiary/aromatic N) is 2. The highest BCUT2D eigenvalue weighted by molar-refractivity contribution is 5.77. The van der Waals surface area contributed by atoms with Gasteiger partial charge in [0.2, 0.25) is 0 Å². The van der Waals surface area contributed by atoms with E-state index in [9.17, 15) is 4.79 Å². The smallest absolute Gasteiger partial charge is 0.260 e. The predicted molar refractivity (Wildman–Crippen MR) is 70.7 cm³/mol. The number of carbonyl (C=O) groups excluding carboxylic acids is 1. The number of amides is 1. The molecule has 0 aliphatic carbocycles. The van der Waals surface area contributed by atoms with Gasteiger partial charge in [0.1, 0.15) is 5.75 Å². The molecule has 104 valence electrons. The number of ether oxygens (including phenoxy) is 1. The van der Waals surface area contributed by atoms with Crippen molar-refractivity contribution in [3.8, 4) is 5.75 Å².